The van der Waals surface area contributed by atoms with Crippen LogP contribution in [0.1, 0.15) is 49.1 Å². The molecule has 0 spiro atoms. The summed E-state index contributed by atoms with van der Waals surface area (Å²) >= 11 is 6.30. The molecule has 1 fully saturated rings. The number of nitrogens with zero attached hydrogens (tertiary/aromatic N) is 1. The highest BCUT2D eigenvalue weighted by atomic mass is 35.5. The van der Waals surface area contributed by atoms with Gasteiger partial charge in [-0.25, -0.2) is 4.98 Å². The predicted octanol–water partition coefficient (Wildman–Crippen LogP) is 3.63. The van der Waals surface area contributed by atoms with Gasteiger partial charge in [0, 0.05) is 11.6 Å². The molecule has 16 heavy (non-hydrogen) atoms. The summed E-state index contributed by atoms with van der Waals surface area (Å²) in [5.41, 5.74) is 8.34. The van der Waals surface area contributed by atoms with Gasteiger partial charge in [0.15, 0.2) is 0 Å². The SMILES string of the molecule is Cc1cnc(N)c(C2CCCCC(Cl)C2)c1. The van der Waals surface area contributed by atoms with E-state index in [2.05, 4.69) is 18.0 Å². The maximum absolute atomic E-state index is 6.30. The summed E-state index contributed by atoms with van der Waals surface area (Å²) in [5, 5.41) is 0.299. The normalized spacial score (nSPS) is 26.4. The van der Waals surface area contributed by atoms with E-state index >= 15 is 0 Å². The number of nitrogen functional groups attached to an aromatic ring is 1. The summed E-state index contributed by atoms with van der Waals surface area (Å²) in [6, 6.07) is 2.17. The van der Waals surface area contributed by atoms with E-state index in [4.69, 9.17) is 17.3 Å². The number of hydrogen-bond donors (Lipinski definition) is 1. The number of aryl methyl sites for hydroxylation is 1. The number of nitrogens with two attached hydrogens (primary N) is 1. The molecule has 2 rings (SSSR count). The molecular weight excluding hydrogens is 220 g/mol. The third-order valence-corrected chi connectivity index (χ3v) is 3.78. The van der Waals surface area contributed by atoms with E-state index < -0.39 is 0 Å². The first-order valence-corrected chi connectivity index (χ1v) is 6.46. The molecule has 0 saturated heterocycles. The van der Waals surface area contributed by atoms with Crippen molar-refractivity contribution in [1.82, 2.24) is 4.98 Å². The number of pyridine rings is 1. The highest BCUT2D eigenvalue weighted by molar-refractivity contribution is 6.20. The molecule has 3 heteroatoms. The first-order valence-electron chi connectivity index (χ1n) is 6.03. The zero-order chi connectivity index (χ0) is 11.5. The van der Waals surface area contributed by atoms with Gasteiger partial charge in [0.25, 0.3) is 0 Å². The van der Waals surface area contributed by atoms with Crippen molar-refractivity contribution in [3.8, 4) is 0 Å². The molecule has 1 heterocycles. The number of alkyl halides is 1. The van der Waals surface area contributed by atoms with Crippen LogP contribution in [-0.4, -0.2) is 10.4 Å². The lowest BCUT2D eigenvalue weighted by molar-refractivity contribution is 0.595. The van der Waals surface area contributed by atoms with Crippen LogP contribution in [0.25, 0.3) is 0 Å². The average molecular weight is 239 g/mol. The van der Waals surface area contributed by atoms with Gasteiger partial charge in [0.1, 0.15) is 5.82 Å². The van der Waals surface area contributed by atoms with E-state index in [-0.39, 0.29) is 0 Å². The van der Waals surface area contributed by atoms with Crippen LogP contribution >= 0.6 is 11.6 Å². The van der Waals surface area contributed by atoms with Crippen LogP contribution in [0.4, 0.5) is 5.82 Å². The van der Waals surface area contributed by atoms with E-state index in [1.165, 1.54) is 30.4 Å². The number of rotatable bonds is 1. The molecule has 1 aromatic rings. The molecule has 1 saturated carbocycles. The van der Waals surface area contributed by atoms with Gasteiger partial charge in [-0.2, -0.15) is 0 Å². The van der Waals surface area contributed by atoms with Crippen molar-refractivity contribution in [1.29, 1.82) is 0 Å². The second-order valence-electron chi connectivity index (χ2n) is 4.80. The Morgan fingerprint density at radius 3 is 2.94 bits per heavy atom. The Hall–Kier alpha value is -0.760. The van der Waals surface area contributed by atoms with E-state index in [0.29, 0.717) is 17.1 Å². The van der Waals surface area contributed by atoms with E-state index in [9.17, 15) is 0 Å². The summed E-state index contributed by atoms with van der Waals surface area (Å²) < 4.78 is 0. The smallest absolute Gasteiger partial charge is 0.126 e. The second kappa shape index (κ2) is 5.05. The molecule has 1 aliphatic carbocycles. The van der Waals surface area contributed by atoms with Crippen LogP contribution in [0.15, 0.2) is 12.3 Å². The molecule has 2 atom stereocenters. The standard InChI is InChI=1S/C13H19ClN2/c1-9-6-12(13(15)16-8-9)10-4-2-3-5-11(14)7-10/h6,8,10-11H,2-5,7H2,1H3,(H2,15,16). The highest BCUT2D eigenvalue weighted by Crippen LogP contribution is 2.36. The van der Waals surface area contributed by atoms with Crippen LogP contribution in [0.2, 0.25) is 0 Å². The summed E-state index contributed by atoms with van der Waals surface area (Å²) in [7, 11) is 0. The molecule has 1 aliphatic rings. The summed E-state index contributed by atoms with van der Waals surface area (Å²) in [4.78, 5) is 4.24. The third-order valence-electron chi connectivity index (χ3n) is 3.39. The van der Waals surface area contributed by atoms with Gasteiger partial charge in [0.2, 0.25) is 0 Å². The molecule has 2 N–H and O–H groups in total. The Morgan fingerprint density at radius 2 is 2.12 bits per heavy atom. The third kappa shape index (κ3) is 2.67. The molecule has 0 aromatic carbocycles. The minimum atomic E-state index is 0.299. The fourth-order valence-electron chi connectivity index (χ4n) is 2.51. The van der Waals surface area contributed by atoms with Crippen molar-refractivity contribution in [3.63, 3.8) is 0 Å². The van der Waals surface area contributed by atoms with Crippen LogP contribution in [-0.2, 0) is 0 Å². The Morgan fingerprint density at radius 1 is 1.38 bits per heavy atom. The Kier molecular flexibility index (Phi) is 3.70. The second-order valence-corrected chi connectivity index (χ2v) is 5.42. The Bertz CT molecular complexity index is 365. The van der Waals surface area contributed by atoms with Gasteiger partial charge in [-0.3, -0.25) is 0 Å². The number of halogens is 1. The molecule has 0 bridgehead atoms. The molecule has 0 aliphatic heterocycles. The molecule has 0 amide bonds. The van der Waals surface area contributed by atoms with Crippen molar-refractivity contribution < 1.29 is 0 Å². The van der Waals surface area contributed by atoms with E-state index in [1.54, 1.807) is 0 Å². The van der Waals surface area contributed by atoms with Crippen LogP contribution in [0.3, 0.4) is 0 Å². The van der Waals surface area contributed by atoms with Gasteiger partial charge in [-0.05, 0) is 43.2 Å². The van der Waals surface area contributed by atoms with Crippen molar-refractivity contribution in [2.75, 3.05) is 5.73 Å². The van der Waals surface area contributed by atoms with Crippen molar-refractivity contribution in [2.45, 2.75) is 50.3 Å². The van der Waals surface area contributed by atoms with Gasteiger partial charge in [-0.15, -0.1) is 11.6 Å². The van der Waals surface area contributed by atoms with Crippen molar-refractivity contribution in [2.24, 2.45) is 0 Å². The van der Waals surface area contributed by atoms with Crippen LogP contribution < -0.4 is 5.73 Å². The fourth-order valence-corrected chi connectivity index (χ4v) is 2.88. The molecule has 88 valence electrons. The number of anilines is 1. The summed E-state index contributed by atoms with van der Waals surface area (Å²) in [6.45, 7) is 2.06. The van der Waals surface area contributed by atoms with Gasteiger partial charge in [0.05, 0.1) is 0 Å². The number of aromatic nitrogens is 1. The first-order chi connectivity index (χ1) is 7.66. The molecule has 0 radical (unpaired) electrons. The zero-order valence-corrected chi connectivity index (χ0v) is 10.5. The maximum Gasteiger partial charge on any atom is 0.126 e. The lowest BCUT2D eigenvalue weighted by Gasteiger charge is -2.18. The average Bonchev–Trinajstić information content (AvgIpc) is 2.46. The maximum atomic E-state index is 6.30. The summed E-state index contributed by atoms with van der Waals surface area (Å²) in [6.07, 6.45) is 7.69. The zero-order valence-electron chi connectivity index (χ0n) is 9.75. The first kappa shape index (κ1) is 11.7. The monoisotopic (exact) mass is 238 g/mol. The van der Waals surface area contributed by atoms with Crippen molar-refractivity contribution >= 4 is 17.4 Å². The van der Waals surface area contributed by atoms with Gasteiger partial charge in [-0.1, -0.05) is 18.9 Å². The fraction of sp³-hybridized carbons (Fsp3) is 0.615. The minimum Gasteiger partial charge on any atom is -0.383 e. The topological polar surface area (TPSA) is 38.9 Å². The predicted molar refractivity (Wildman–Crippen MR) is 68.9 cm³/mol. The molecule has 2 nitrogen and oxygen atoms in total. The molecule has 1 aromatic heterocycles. The highest BCUT2D eigenvalue weighted by Gasteiger charge is 2.22. The van der Waals surface area contributed by atoms with E-state index in [0.717, 1.165) is 12.8 Å². The molecular formula is C13H19ClN2. The van der Waals surface area contributed by atoms with Gasteiger partial charge < -0.3 is 5.73 Å². The van der Waals surface area contributed by atoms with Gasteiger partial charge >= 0.3 is 0 Å². The van der Waals surface area contributed by atoms with E-state index in [1.807, 2.05) is 6.20 Å². The quantitative estimate of drug-likeness (QED) is 0.600. The Balaban J connectivity index is 2.24. The minimum absolute atomic E-state index is 0.299. The largest absolute Gasteiger partial charge is 0.383 e. The van der Waals surface area contributed by atoms with Crippen molar-refractivity contribution in [3.05, 3.63) is 23.4 Å². The lowest BCUT2D eigenvalue weighted by atomic mass is 9.91. The Labute approximate surface area is 102 Å². The van der Waals surface area contributed by atoms with Crippen LogP contribution in [0, 0.1) is 6.92 Å². The number of hydrogen-bond acceptors (Lipinski definition) is 2. The summed E-state index contributed by atoms with van der Waals surface area (Å²) in [5.74, 6) is 1.18. The molecule has 2 unspecified atom stereocenters. The van der Waals surface area contributed by atoms with Crippen LogP contribution in [0.5, 0.6) is 0 Å². The lowest BCUT2D eigenvalue weighted by Crippen LogP contribution is -2.08.